The van der Waals surface area contributed by atoms with Gasteiger partial charge < -0.3 is 20.5 Å². The number of amides is 2. The summed E-state index contributed by atoms with van der Waals surface area (Å²) in [4.78, 5) is 38.0. The van der Waals surface area contributed by atoms with Gasteiger partial charge in [-0.25, -0.2) is 9.59 Å². The van der Waals surface area contributed by atoms with E-state index in [1.807, 2.05) is 24.3 Å². The maximum absolute atomic E-state index is 13.2. The van der Waals surface area contributed by atoms with Crippen LogP contribution in [0.2, 0.25) is 0 Å². The fraction of sp³-hybridized carbons (Fsp3) is 0.444. The monoisotopic (exact) mass is 462 g/mol. The highest BCUT2D eigenvalue weighted by atomic mass is 16.5. The van der Waals surface area contributed by atoms with Crippen molar-refractivity contribution in [2.45, 2.75) is 68.4 Å². The van der Waals surface area contributed by atoms with Crippen LogP contribution in [0.15, 0.2) is 48.5 Å². The van der Waals surface area contributed by atoms with E-state index in [9.17, 15) is 19.5 Å². The number of rotatable bonds is 6. The molecule has 0 spiro atoms. The lowest BCUT2D eigenvalue weighted by Gasteiger charge is -2.43. The second-order valence-corrected chi connectivity index (χ2v) is 9.79. The van der Waals surface area contributed by atoms with Crippen LogP contribution in [0.3, 0.4) is 0 Å². The summed E-state index contributed by atoms with van der Waals surface area (Å²) in [6.07, 6.45) is 4.40. The van der Waals surface area contributed by atoms with Gasteiger partial charge in [-0.1, -0.05) is 67.8 Å². The van der Waals surface area contributed by atoms with Gasteiger partial charge in [-0.2, -0.15) is 0 Å². The molecule has 7 nitrogen and oxygen atoms in total. The van der Waals surface area contributed by atoms with Crippen molar-refractivity contribution in [3.63, 3.8) is 0 Å². The van der Waals surface area contributed by atoms with Gasteiger partial charge in [0.05, 0.1) is 0 Å². The van der Waals surface area contributed by atoms with E-state index in [1.54, 1.807) is 0 Å². The number of alkyl carbamates (subject to hydrolysis) is 1. The molecule has 0 atom stereocenters. The lowest BCUT2D eigenvalue weighted by atomic mass is 9.74. The van der Waals surface area contributed by atoms with Gasteiger partial charge in [0.25, 0.3) is 0 Å². The maximum Gasteiger partial charge on any atom is 0.408 e. The SMILES string of the molecule is O=C(NC1(C(=O)NC2(C(=O)O)CCCCC2)CCC1)OCC1c2ccccc2-c2ccccc21. The Morgan fingerprint density at radius 2 is 1.35 bits per heavy atom. The number of carboxylic acid groups (broad SMARTS) is 1. The van der Waals surface area contributed by atoms with Crippen molar-refractivity contribution in [1.29, 1.82) is 0 Å². The molecule has 0 heterocycles. The van der Waals surface area contributed by atoms with E-state index in [-0.39, 0.29) is 12.5 Å². The third kappa shape index (κ3) is 3.83. The first-order chi connectivity index (χ1) is 16.4. The molecular weight excluding hydrogens is 432 g/mol. The summed E-state index contributed by atoms with van der Waals surface area (Å²) in [5.41, 5.74) is 2.17. The van der Waals surface area contributed by atoms with Crippen LogP contribution in [0.1, 0.15) is 68.4 Å². The Kier molecular flexibility index (Phi) is 5.80. The standard InChI is InChI=1S/C27H30N2O5/c30-23(28-27(24(31)32)13-6-1-7-14-27)26(15-8-16-26)29-25(33)34-17-22-20-11-4-2-9-18(20)19-10-3-5-12-21(19)22/h2-5,9-12,22H,1,6-8,13-17H2,(H,28,30)(H,29,33)(H,31,32). The summed E-state index contributed by atoms with van der Waals surface area (Å²) in [5.74, 6) is -1.49. The lowest BCUT2D eigenvalue weighted by molar-refractivity contribution is -0.151. The summed E-state index contributed by atoms with van der Waals surface area (Å²) >= 11 is 0. The number of carbonyl (C=O) groups is 3. The Balaban J connectivity index is 1.26. The Morgan fingerprint density at radius 1 is 0.794 bits per heavy atom. The molecule has 178 valence electrons. The molecule has 2 aromatic rings. The average molecular weight is 463 g/mol. The van der Waals surface area contributed by atoms with Gasteiger partial charge in [0.15, 0.2) is 0 Å². The van der Waals surface area contributed by atoms with Crippen LogP contribution < -0.4 is 10.6 Å². The molecule has 0 unspecified atom stereocenters. The zero-order valence-electron chi connectivity index (χ0n) is 19.1. The zero-order valence-corrected chi connectivity index (χ0v) is 19.1. The van der Waals surface area contributed by atoms with Gasteiger partial charge in [-0.05, 0) is 54.4 Å². The third-order valence-electron chi connectivity index (χ3n) is 7.80. The van der Waals surface area contributed by atoms with Crippen molar-refractivity contribution >= 4 is 18.0 Å². The molecule has 3 aliphatic carbocycles. The second kappa shape index (κ2) is 8.78. The summed E-state index contributed by atoms with van der Waals surface area (Å²) < 4.78 is 5.64. The predicted molar refractivity (Wildman–Crippen MR) is 126 cm³/mol. The van der Waals surface area contributed by atoms with E-state index in [4.69, 9.17) is 4.74 Å². The van der Waals surface area contributed by atoms with Crippen LogP contribution in [0.5, 0.6) is 0 Å². The Hall–Kier alpha value is -3.35. The number of benzene rings is 2. The molecule has 3 N–H and O–H groups in total. The molecular formula is C27H30N2O5. The first-order valence-corrected chi connectivity index (χ1v) is 12.1. The molecule has 0 aromatic heterocycles. The minimum Gasteiger partial charge on any atom is -0.480 e. The van der Waals surface area contributed by atoms with E-state index in [0.717, 1.165) is 47.9 Å². The topological polar surface area (TPSA) is 105 Å². The number of hydrogen-bond acceptors (Lipinski definition) is 4. The molecule has 0 bridgehead atoms. The third-order valence-corrected chi connectivity index (χ3v) is 7.80. The van der Waals surface area contributed by atoms with Gasteiger partial charge in [0.1, 0.15) is 17.7 Å². The van der Waals surface area contributed by atoms with Crippen LogP contribution in [-0.4, -0.2) is 40.8 Å². The van der Waals surface area contributed by atoms with Crippen LogP contribution in [-0.2, 0) is 14.3 Å². The number of fused-ring (bicyclic) bond motifs is 3. The Labute approximate surface area is 198 Å². The van der Waals surface area contributed by atoms with E-state index in [1.165, 1.54) is 0 Å². The molecule has 0 saturated heterocycles. The number of aliphatic carboxylic acids is 1. The fourth-order valence-electron chi connectivity index (χ4n) is 5.65. The molecule has 34 heavy (non-hydrogen) atoms. The van der Waals surface area contributed by atoms with Crippen molar-refractivity contribution in [2.75, 3.05) is 6.61 Å². The van der Waals surface area contributed by atoms with Gasteiger partial charge in [0.2, 0.25) is 5.91 Å². The molecule has 2 amide bonds. The highest BCUT2D eigenvalue weighted by molar-refractivity contribution is 5.95. The second-order valence-electron chi connectivity index (χ2n) is 9.79. The quantitative estimate of drug-likeness (QED) is 0.592. The smallest absolute Gasteiger partial charge is 0.408 e. The van der Waals surface area contributed by atoms with Crippen molar-refractivity contribution in [2.24, 2.45) is 0 Å². The van der Waals surface area contributed by atoms with Crippen molar-refractivity contribution in [1.82, 2.24) is 10.6 Å². The predicted octanol–water partition coefficient (Wildman–Crippen LogP) is 4.35. The first-order valence-electron chi connectivity index (χ1n) is 12.1. The van der Waals surface area contributed by atoms with Crippen molar-refractivity contribution < 1.29 is 24.2 Å². The summed E-state index contributed by atoms with van der Waals surface area (Å²) in [5, 5.41) is 15.4. The van der Waals surface area contributed by atoms with E-state index < -0.39 is 29.0 Å². The van der Waals surface area contributed by atoms with Crippen LogP contribution in [0.4, 0.5) is 4.79 Å². The molecule has 2 aromatic carbocycles. The molecule has 3 aliphatic rings. The van der Waals surface area contributed by atoms with E-state index in [2.05, 4.69) is 34.9 Å². The average Bonchev–Trinajstić information content (AvgIpc) is 3.14. The van der Waals surface area contributed by atoms with E-state index >= 15 is 0 Å². The molecule has 0 aliphatic heterocycles. The summed E-state index contributed by atoms with van der Waals surface area (Å²) in [6.45, 7) is 0.163. The number of nitrogens with one attached hydrogen (secondary N) is 2. The van der Waals surface area contributed by atoms with Crippen LogP contribution in [0, 0.1) is 0 Å². The lowest BCUT2D eigenvalue weighted by Crippen LogP contribution is -2.68. The van der Waals surface area contributed by atoms with Gasteiger partial charge in [-0.15, -0.1) is 0 Å². The number of hydrogen-bond donors (Lipinski definition) is 3. The number of carboxylic acids is 1. The largest absolute Gasteiger partial charge is 0.480 e. The molecule has 2 saturated carbocycles. The Morgan fingerprint density at radius 3 is 1.88 bits per heavy atom. The normalized spacial score (nSPS) is 19.8. The van der Waals surface area contributed by atoms with Crippen molar-refractivity contribution in [3.8, 4) is 11.1 Å². The van der Waals surface area contributed by atoms with Crippen LogP contribution >= 0.6 is 0 Å². The number of carbonyl (C=O) groups excluding carboxylic acids is 2. The van der Waals surface area contributed by atoms with Gasteiger partial charge >= 0.3 is 12.1 Å². The molecule has 5 rings (SSSR count). The summed E-state index contributed by atoms with van der Waals surface area (Å²) in [6, 6.07) is 16.2. The van der Waals surface area contributed by atoms with Crippen LogP contribution in [0.25, 0.3) is 11.1 Å². The minimum atomic E-state index is -1.25. The molecule has 7 heteroatoms. The fourth-order valence-corrected chi connectivity index (χ4v) is 5.65. The molecule has 2 fully saturated rings. The van der Waals surface area contributed by atoms with Crippen molar-refractivity contribution in [3.05, 3.63) is 59.7 Å². The van der Waals surface area contributed by atoms with E-state index in [0.29, 0.717) is 25.7 Å². The highest BCUT2D eigenvalue weighted by Gasteiger charge is 2.50. The first kappa shape index (κ1) is 22.4. The highest BCUT2D eigenvalue weighted by Crippen LogP contribution is 2.44. The minimum absolute atomic E-state index is 0.0677. The van der Waals surface area contributed by atoms with Gasteiger partial charge in [-0.3, -0.25) is 4.79 Å². The number of ether oxygens (including phenoxy) is 1. The van der Waals surface area contributed by atoms with Gasteiger partial charge in [0, 0.05) is 5.92 Å². The summed E-state index contributed by atoms with van der Waals surface area (Å²) in [7, 11) is 0. The molecule has 0 radical (unpaired) electrons. The zero-order chi connectivity index (χ0) is 23.8. The maximum atomic E-state index is 13.2. The Bertz CT molecular complexity index is 1070.